The van der Waals surface area contributed by atoms with Gasteiger partial charge in [0.1, 0.15) is 11.5 Å². The number of rotatable bonds is 7. The molecule has 0 aliphatic rings. The number of benzene rings is 3. The lowest BCUT2D eigenvalue weighted by Gasteiger charge is -2.23. The average Bonchev–Trinajstić information content (AvgIpc) is 2.74. The van der Waals surface area contributed by atoms with E-state index in [1.54, 1.807) is 36.4 Å². The van der Waals surface area contributed by atoms with Gasteiger partial charge in [-0.05, 0) is 72.8 Å². The average molecular weight is 466 g/mol. The lowest BCUT2D eigenvalue weighted by atomic mass is 10.3. The van der Waals surface area contributed by atoms with Crippen LogP contribution in [0.2, 0.25) is 10.0 Å². The first-order valence-electron chi connectivity index (χ1n) is 8.67. The van der Waals surface area contributed by atoms with E-state index in [-0.39, 0.29) is 10.6 Å². The predicted molar refractivity (Wildman–Crippen MR) is 116 cm³/mol. The summed E-state index contributed by atoms with van der Waals surface area (Å²) in [6, 6.07) is 18.0. The molecule has 0 bridgehead atoms. The lowest BCUT2D eigenvalue weighted by Crippen LogP contribution is -2.40. The van der Waals surface area contributed by atoms with Gasteiger partial charge in [-0.3, -0.25) is 4.79 Å². The van der Waals surface area contributed by atoms with Gasteiger partial charge in [-0.15, -0.1) is 0 Å². The molecule has 0 saturated carbocycles. The Morgan fingerprint density at radius 1 is 0.833 bits per heavy atom. The number of halogens is 2. The molecule has 0 aromatic heterocycles. The Morgan fingerprint density at radius 3 is 1.87 bits per heavy atom. The molecule has 3 aromatic rings. The summed E-state index contributed by atoms with van der Waals surface area (Å²) in [5.74, 6) is 0.129. The number of carbonyl (C=O) groups excluding carboxylic acids is 1. The standard InChI is InChI=1S/C21H17Cl2NO5S/c1-28-18-10-6-17(7-11-18)24(30(26,27)20-12-4-16(23)5-13-20)21(25)14-29-19-8-2-15(22)3-9-19/h2-13H,14H2,1H3. The minimum atomic E-state index is -4.22. The zero-order chi connectivity index (χ0) is 21.7. The smallest absolute Gasteiger partial charge is 0.278 e. The number of carbonyl (C=O) groups is 1. The minimum Gasteiger partial charge on any atom is -0.497 e. The van der Waals surface area contributed by atoms with Crippen LogP contribution in [0.4, 0.5) is 5.69 Å². The zero-order valence-corrected chi connectivity index (χ0v) is 18.1. The fraction of sp³-hybridized carbons (Fsp3) is 0.0952. The summed E-state index contributed by atoms with van der Waals surface area (Å²) < 4.78 is 37.8. The van der Waals surface area contributed by atoms with Gasteiger partial charge in [0.05, 0.1) is 17.7 Å². The van der Waals surface area contributed by atoms with Crippen LogP contribution in [0, 0.1) is 0 Å². The van der Waals surface area contributed by atoms with Crippen LogP contribution in [0.5, 0.6) is 11.5 Å². The number of nitrogens with zero attached hydrogens (tertiary/aromatic N) is 1. The largest absolute Gasteiger partial charge is 0.497 e. The third kappa shape index (κ3) is 5.05. The predicted octanol–water partition coefficient (Wildman–Crippen LogP) is 4.80. The van der Waals surface area contributed by atoms with Crippen molar-refractivity contribution < 1.29 is 22.7 Å². The van der Waals surface area contributed by atoms with Crippen LogP contribution >= 0.6 is 23.2 Å². The summed E-state index contributed by atoms with van der Waals surface area (Å²) in [6.45, 7) is -0.500. The van der Waals surface area contributed by atoms with E-state index < -0.39 is 22.5 Å². The molecule has 3 aromatic carbocycles. The van der Waals surface area contributed by atoms with Gasteiger partial charge in [0.2, 0.25) is 0 Å². The molecule has 0 N–H and O–H groups in total. The van der Waals surface area contributed by atoms with Crippen molar-refractivity contribution in [3.63, 3.8) is 0 Å². The van der Waals surface area contributed by atoms with E-state index in [0.29, 0.717) is 25.8 Å². The maximum absolute atomic E-state index is 13.3. The van der Waals surface area contributed by atoms with Gasteiger partial charge in [0.15, 0.2) is 6.61 Å². The second-order valence-electron chi connectivity index (χ2n) is 6.06. The Kier molecular flexibility index (Phi) is 6.87. The van der Waals surface area contributed by atoms with Gasteiger partial charge >= 0.3 is 0 Å². The van der Waals surface area contributed by atoms with Gasteiger partial charge in [0.25, 0.3) is 15.9 Å². The number of methoxy groups -OCH3 is 1. The molecule has 0 saturated heterocycles. The molecule has 6 nitrogen and oxygen atoms in total. The van der Waals surface area contributed by atoms with Crippen LogP contribution in [0.3, 0.4) is 0 Å². The summed E-state index contributed by atoms with van der Waals surface area (Å²) in [5.41, 5.74) is 0.149. The molecule has 3 rings (SSSR count). The van der Waals surface area contributed by atoms with E-state index in [1.165, 1.54) is 43.5 Å². The molecule has 0 aliphatic carbocycles. The molecule has 156 valence electrons. The Morgan fingerprint density at radius 2 is 1.33 bits per heavy atom. The van der Waals surface area contributed by atoms with Crippen molar-refractivity contribution in [1.29, 1.82) is 0 Å². The first-order chi connectivity index (χ1) is 14.3. The van der Waals surface area contributed by atoms with Crippen molar-refractivity contribution in [2.24, 2.45) is 0 Å². The molecule has 0 heterocycles. The Balaban J connectivity index is 1.94. The second-order valence-corrected chi connectivity index (χ2v) is 8.72. The molecule has 30 heavy (non-hydrogen) atoms. The van der Waals surface area contributed by atoms with Crippen molar-refractivity contribution >= 4 is 44.8 Å². The SMILES string of the molecule is COc1ccc(N(C(=O)COc2ccc(Cl)cc2)S(=O)(=O)c2ccc(Cl)cc2)cc1. The van der Waals surface area contributed by atoms with Gasteiger partial charge in [-0.25, -0.2) is 8.42 Å². The lowest BCUT2D eigenvalue weighted by molar-refractivity contribution is -0.119. The van der Waals surface area contributed by atoms with Crippen LogP contribution in [-0.2, 0) is 14.8 Å². The van der Waals surface area contributed by atoms with E-state index in [4.69, 9.17) is 32.7 Å². The van der Waals surface area contributed by atoms with E-state index in [1.807, 2.05) is 0 Å². The number of hydrogen-bond acceptors (Lipinski definition) is 5. The number of anilines is 1. The maximum Gasteiger partial charge on any atom is 0.278 e. The summed E-state index contributed by atoms with van der Waals surface area (Å²) >= 11 is 11.7. The summed E-state index contributed by atoms with van der Waals surface area (Å²) in [5, 5.41) is 0.890. The van der Waals surface area contributed by atoms with E-state index in [0.717, 1.165) is 0 Å². The second kappa shape index (κ2) is 9.38. The molecule has 0 unspecified atom stereocenters. The van der Waals surface area contributed by atoms with Crippen LogP contribution in [0.15, 0.2) is 77.7 Å². The number of amides is 1. The fourth-order valence-electron chi connectivity index (χ4n) is 2.58. The van der Waals surface area contributed by atoms with Gasteiger partial charge in [-0.2, -0.15) is 4.31 Å². The summed E-state index contributed by atoms with van der Waals surface area (Å²) in [7, 11) is -2.73. The third-order valence-electron chi connectivity index (χ3n) is 4.06. The Bertz CT molecular complexity index is 1120. The zero-order valence-electron chi connectivity index (χ0n) is 15.8. The first-order valence-corrected chi connectivity index (χ1v) is 10.9. The first kappa shape index (κ1) is 22.0. The molecular weight excluding hydrogens is 449 g/mol. The van der Waals surface area contributed by atoms with Gasteiger partial charge in [0, 0.05) is 10.0 Å². The topological polar surface area (TPSA) is 72.9 Å². The van der Waals surface area contributed by atoms with Crippen molar-refractivity contribution in [1.82, 2.24) is 0 Å². The van der Waals surface area contributed by atoms with Crippen molar-refractivity contribution in [2.75, 3.05) is 18.0 Å². The minimum absolute atomic E-state index is 0.0810. The van der Waals surface area contributed by atoms with Crippen molar-refractivity contribution in [3.05, 3.63) is 82.8 Å². The van der Waals surface area contributed by atoms with E-state index in [2.05, 4.69) is 0 Å². The van der Waals surface area contributed by atoms with Crippen LogP contribution in [0.1, 0.15) is 0 Å². The summed E-state index contributed by atoms with van der Waals surface area (Å²) in [6.07, 6.45) is 0. The van der Waals surface area contributed by atoms with Crippen LogP contribution in [0.25, 0.3) is 0 Å². The molecule has 0 spiro atoms. The summed E-state index contributed by atoms with van der Waals surface area (Å²) in [4.78, 5) is 12.9. The van der Waals surface area contributed by atoms with Crippen molar-refractivity contribution in [2.45, 2.75) is 4.90 Å². The number of hydrogen-bond donors (Lipinski definition) is 0. The Labute approximate surface area is 184 Å². The molecule has 0 aliphatic heterocycles. The van der Waals surface area contributed by atoms with Crippen molar-refractivity contribution in [3.8, 4) is 11.5 Å². The monoisotopic (exact) mass is 465 g/mol. The highest BCUT2D eigenvalue weighted by atomic mass is 35.5. The highest BCUT2D eigenvalue weighted by molar-refractivity contribution is 7.93. The fourth-order valence-corrected chi connectivity index (χ4v) is 4.24. The van der Waals surface area contributed by atoms with Gasteiger partial charge < -0.3 is 9.47 Å². The molecule has 0 fully saturated rings. The molecule has 9 heteroatoms. The Hall–Kier alpha value is -2.74. The number of sulfonamides is 1. The highest BCUT2D eigenvalue weighted by Crippen LogP contribution is 2.27. The molecule has 0 atom stereocenters. The van der Waals surface area contributed by atoms with E-state index in [9.17, 15) is 13.2 Å². The molecule has 0 radical (unpaired) electrons. The third-order valence-corrected chi connectivity index (χ3v) is 6.33. The van der Waals surface area contributed by atoms with Crippen LogP contribution in [-0.4, -0.2) is 28.0 Å². The maximum atomic E-state index is 13.3. The molecular formula is C21H17Cl2NO5S. The van der Waals surface area contributed by atoms with E-state index >= 15 is 0 Å². The highest BCUT2D eigenvalue weighted by Gasteiger charge is 2.31. The quantitative estimate of drug-likeness (QED) is 0.500. The molecule has 1 amide bonds. The number of ether oxygens (including phenoxy) is 2. The van der Waals surface area contributed by atoms with Gasteiger partial charge in [-0.1, -0.05) is 23.2 Å². The van der Waals surface area contributed by atoms with Crippen LogP contribution < -0.4 is 13.8 Å². The normalized spacial score (nSPS) is 11.0.